The van der Waals surface area contributed by atoms with E-state index >= 15 is 0 Å². The number of carboxylic acid groups (broad SMARTS) is 1. The van der Waals surface area contributed by atoms with Gasteiger partial charge in [0.1, 0.15) is 12.1 Å². The quantitative estimate of drug-likeness (QED) is 0.490. The molecular formula is C20H31N3O4. The lowest BCUT2D eigenvalue weighted by molar-refractivity contribution is -0.143. The van der Waals surface area contributed by atoms with Gasteiger partial charge in [0.15, 0.2) is 0 Å². The van der Waals surface area contributed by atoms with Crippen molar-refractivity contribution < 1.29 is 19.5 Å². The molecule has 0 spiro atoms. The van der Waals surface area contributed by atoms with Crippen molar-refractivity contribution in [3.63, 3.8) is 0 Å². The van der Waals surface area contributed by atoms with Crippen molar-refractivity contribution >= 4 is 17.8 Å². The maximum absolute atomic E-state index is 12.6. The van der Waals surface area contributed by atoms with Gasteiger partial charge in [-0.1, -0.05) is 64.4 Å². The van der Waals surface area contributed by atoms with E-state index < -0.39 is 35.9 Å². The van der Waals surface area contributed by atoms with Gasteiger partial charge in [-0.2, -0.15) is 0 Å². The lowest BCUT2D eigenvalue weighted by atomic mass is 9.96. The molecule has 1 aromatic carbocycles. The summed E-state index contributed by atoms with van der Waals surface area (Å²) < 4.78 is 0. The predicted octanol–water partition coefficient (Wildman–Crippen LogP) is 1.31. The fraction of sp³-hybridized carbons (Fsp3) is 0.550. The van der Waals surface area contributed by atoms with Crippen LogP contribution in [0.3, 0.4) is 0 Å². The maximum atomic E-state index is 12.6. The molecule has 0 fully saturated rings. The van der Waals surface area contributed by atoms with Crippen molar-refractivity contribution in [2.24, 2.45) is 17.6 Å². The van der Waals surface area contributed by atoms with Gasteiger partial charge in [0.25, 0.3) is 0 Å². The van der Waals surface area contributed by atoms with Crippen molar-refractivity contribution in [2.75, 3.05) is 0 Å². The second kappa shape index (κ2) is 10.7. The zero-order valence-electron chi connectivity index (χ0n) is 16.4. The standard InChI is InChI=1S/C20H31N3O4/c1-5-13(4)17(19(25)22-16(12(2)3)20(26)27)23-18(24)15(21)11-14-9-7-6-8-10-14/h6-10,12-13,15-17H,5,11,21H2,1-4H3,(H,22,25)(H,23,24)(H,26,27)/t13-,15-,16-,17-/m0/s1. The van der Waals surface area contributed by atoms with Gasteiger partial charge < -0.3 is 21.5 Å². The molecule has 0 saturated heterocycles. The smallest absolute Gasteiger partial charge is 0.326 e. The maximum Gasteiger partial charge on any atom is 0.326 e. The first-order valence-electron chi connectivity index (χ1n) is 9.30. The first-order chi connectivity index (χ1) is 12.7. The van der Waals surface area contributed by atoms with Crippen molar-refractivity contribution in [3.05, 3.63) is 35.9 Å². The molecule has 27 heavy (non-hydrogen) atoms. The lowest BCUT2D eigenvalue weighted by Crippen LogP contribution is -2.57. The highest BCUT2D eigenvalue weighted by molar-refractivity contribution is 5.92. The third kappa shape index (κ3) is 7.02. The molecule has 2 amide bonds. The van der Waals surface area contributed by atoms with Crippen LogP contribution in [-0.2, 0) is 20.8 Å². The Morgan fingerprint density at radius 2 is 1.56 bits per heavy atom. The van der Waals surface area contributed by atoms with E-state index in [2.05, 4.69) is 10.6 Å². The number of amides is 2. The number of nitrogens with one attached hydrogen (secondary N) is 2. The Morgan fingerprint density at radius 1 is 1.00 bits per heavy atom. The van der Waals surface area contributed by atoms with Crippen LogP contribution in [0.2, 0.25) is 0 Å². The molecule has 0 unspecified atom stereocenters. The highest BCUT2D eigenvalue weighted by Gasteiger charge is 2.32. The van der Waals surface area contributed by atoms with E-state index in [0.29, 0.717) is 12.8 Å². The highest BCUT2D eigenvalue weighted by atomic mass is 16.4. The average molecular weight is 377 g/mol. The molecule has 0 aliphatic rings. The molecule has 7 nitrogen and oxygen atoms in total. The molecule has 7 heteroatoms. The summed E-state index contributed by atoms with van der Waals surface area (Å²) in [5, 5.41) is 14.5. The van der Waals surface area contributed by atoms with Crippen molar-refractivity contribution in [1.82, 2.24) is 10.6 Å². The zero-order valence-corrected chi connectivity index (χ0v) is 16.4. The average Bonchev–Trinajstić information content (AvgIpc) is 2.63. The number of nitrogens with two attached hydrogens (primary N) is 1. The molecule has 4 atom stereocenters. The monoisotopic (exact) mass is 377 g/mol. The first kappa shape index (κ1) is 22.6. The first-order valence-corrected chi connectivity index (χ1v) is 9.30. The van der Waals surface area contributed by atoms with Crippen LogP contribution in [0.15, 0.2) is 30.3 Å². The van der Waals surface area contributed by atoms with Crippen LogP contribution < -0.4 is 16.4 Å². The summed E-state index contributed by atoms with van der Waals surface area (Å²) >= 11 is 0. The molecule has 1 aromatic rings. The Balaban J connectivity index is 2.82. The fourth-order valence-electron chi connectivity index (χ4n) is 2.68. The molecule has 0 radical (unpaired) electrons. The molecule has 0 bridgehead atoms. The number of aliphatic carboxylic acids is 1. The van der Waals surface area contributed by atoms with Crippen LogP contribution in [0, 0.1) is 11.8 Å². The number of carboxylic acids is 1. The van der Waals surface area contributed by atoms with Gasteiger partial charge in [-0.3, -0.25) is 9.59 Å². The number of hydrogen-bond donors (Lipinski definition) is 4. The molecular weight excluding hydrogens is 346 g/mol. The second-order valence-corrected chi connectivity index (χ2v) is 7.24. The van der Waals surface area contributed by atoms with Crippen LogP contribution in [0.25, 0.3) is 0 Å². The summed E-state index contributed by atoms with van der Waals surface area (Å²) in [4.78, 5) is 36.5. The molecule has 0 aliphatic heterocycles. The van der Waals surface area contributed by atoms with E-state index in [9.17, 15) is 19.5 Å². The van der Waals surface area contributed by atoms with Crippen molar-refractivity contribution in [1.29, 1.82) is 0 Å². The minimum atomic E-state index is -1.10. The van der Waals surface area contributed by atoms with Crippen molar-refractivity contribution in [2.45, 2.75) is 58.7 Å². The summed E-state index contributed by atoms with van der Waals surface area (Å²) in [6.07, 6.45) is 0.997. The Kier molecular flexibility index (Phi) is 8.94. The molecule has 0 aromatic heterocycles. The van der Waals surface area contributed by atoms with Gasteiger partial charge in [-0.15, -0.1) is 0 Å². The molecule has 0 aliphatic carbocycles. The fourth-order valence-corrected chi connectivity index (χ4v) is 2.68. The van der Waals surface area contributed by atoms with E-state index in [0.717, 1.165) is 5.56 Å². The summed E-state index contributed by atoms with van der Waals surface area (Å²) in [6.45, 7) is 7.16. The third-order valence-corrected chi connectivity index (χ3v) is 4.66. The Morgan fingerprint density at radius 3 is 2.04 bits per heavy atom. The van der Waals surface area contributed by atoms with Gasteiger partial charge in [0.2, 0.25) is 11.8 Å². The SMILES string of the molecule is CC[C@H](C)[C@H](NC(=O)[C@@H](N)Cc1ccccc1)C(=O)N[C@H](C(=O)O)C(C)C. The number of carbonyl (C=O) groups excluding carboxylic acids is 2. The minimum Gasteiger partial charge on any atom is -0.480 e. The van der Waals surface area contributed by atoms with Gasteiger partial charge >= 0.3 is 5.97 Å². The summed E-state index contributed by atoms with van der Waals surface area (Å²) in [7, 11) is 0. The van der Waals surface area contributed by atoms with E-state index in [1.165, 1.54) is 0 Å². The van der Waals surface area contributed by atoms with Gasteiger partial charge in [-0.25, -0.2) is 4.79 Å². The van der Waals surface area contributed by atoms with Gasteiger partial charge in [0.05, 0.1) is 6.04 Å². The zero-order chi connectivity index (χ0) is 20.6. The summed E-state index contributed by atoms with van der Waals surface area (Å²) in [6, 6.07) is 6.72. The van der Waals surface area contributed by atoms with Crippen LogP contribution in [0.4, 0.5) is 0 Å². The Labute approximate surface area is 160 Å². The topological polar surface area (TPSA) is 122 Å². The Bertz CT molecular complexity index is 633. The van der Waals surface area contributed by atoms with Crippen LogP contribution >= 0.6 is 0 Å². The van der Waals surface area contributed by atoms with Crippen LogP contribution in [0.1, 0.15) is 39.7 Å². The van der Waals surface area contributed by atoms with Crippen LogP contribution in [-0.4, -0.2) is 41.0 Å². The molecule has 150 valence electrons. The second-order valence-electron chi connectivity index (χ2n) is 7.24. The van der Waals surface area contributed by atoms with Crippen LogP contribution in [0.5, 0.6) is 0 Å². The normalized spacial score (nSPS) is 15.5. The molecule has 5 N–H and O–H groups in total. The highest BCUT2D eigenvalue weighted by Crippen LogP contribution is 2.11. The number of hydrogen-bond acceptors (Lipinski definition) is 4. The summed E-state index contributed by atoms with van der Waals surface area (Å²) in [5.74, 6) is -2.49. The van der Waals surface area contributed by atoms with E-state index in [-0.39, 0.29) is 11.8 Å². The predicted molar refractivity (Wildman–Crippen MR) is 104 cm³/mol. The minimum absolute atomic E-state index is 0.167. The Hall–Kier alpha value is -2.41. The largest absolute Gasteiger partial charge is 0.480 e. The number of rotatable bonds is 10. The lowest BCUT2D eigenvalue weighted by Gasteiger charge is -2.27. The molecule has 0 saturated carbocycles. The van der Waals surface area contributed by atoms with Gasteiger partial charge in [-0.05, 0) is 23.8 Å². The van der Waals surface area contributed by atoms with Gasteiger partial charge in [0, 0.05) is 0 Å². The summed E-state index contributed by atoms with van der Waals surface area (Å²) in [5.41, 5.74) is 6.93. The van der Waals surface area contributed by atoms with E-state index in [1.54, 1.807) is 13.8 Å². The van der Waals surface area contributed by atoms with E-state index in [1.807, 2.05) is 44.2 Å². The van der Waals surface area contributed by atoms with E-state index in [4.69, 9.17) is 5.73 Å². The number of benzene rings is 1. The molecule has 0 heterocycles. The molecule has 1 rings (SSSR count). The van der Waals surface area contributed by atoms with Crippen molar-refractivity contribution in [3.8, 4) is 0 Å². The third-order valence-electron chi connectivity index (χ3n) is 4.66. The number of carbonyl (C=O) groups is 3.